The van der Waals surface area contributed by atoms with E-state index in [1.165, 1.54) is 0 Å². The average molecular weight is 437 g/mol. The number of rotatable bonds is 8. The number of benzene rings is 2. The molecule has 160 valence electrons. The summed E-state index contributed by atoms with van der Waals surface area (Å²) in [6.07, 6.45) is 7.16. The van der Waals surface area contributed by atoms with E-state index in [9.17, 15) is 14.1 Å². The molecular weight excluding hydrogens is 412 g/mol. The SMILES string of the molecule is C#CCN(Cc1ccc2nc(C)[nH]c(=O)c2c1)c1ccc(C(=O)NCC[S+](C)[O-])cc1. The molecule has 0 radical (unpaired) electrons. The van der Waals surface area contributed by atoms with Crippen LogP contribution >= 0.6 is 0 Å². The first kappa shape index (κ1) is 22.4. The number of carbonyl (C=O) groups excluding carboxylic acids is 1. The Labute approximate surface area is 184 Å². The number of aromatic nitrogens is 2. The molecule has 8 heteroatoms. The van der Waals surface area contributed by atoms with Gasteiger partial charge in [0, 0.05) is 17.8 Å². The summed E-state index contributed by atoms with van der Waals surface area (Å²) in [6.45, 7) is 2.98. The van der Waals surface area contributed by atoms with E-state index in [1.807, 2.05) is 35.2 Å². The summed E-state index contributed by atoms with van der Waals surface area (Å²) in [4.78, 5) is 33.5. The number of aryl methyl sites for hydroxylation is 1. The molecule has 0 aliphatic heterocycles. The van der Waals surface area contributed by atoms with E-state index >= 15 is 0 Å². The lowest BCUT2D eigenvalue weighted by molar-refractivity contribution is 0.0956. The number of aromatic amines is 1. The first-order valence-electron chi connectivity index (χ1n) is 9.73. The van der Waals surface area contributed by atoms with Crippen molar-refractivity contribution < 1.29 is 9.35 Å². The van der Waals surface area contributed by atoms with Gasteiger partial charge in [0.15, 0.2) is 0 Å². The fraction of sp³-hybridized carbons (Fsp3) is 0.261. The summed E-state index contributed by atoms with van der Waals surface area (Å²) in [5.74, 6) is 3.44. The lowest BCUT2D eigenvalue weighted by atomic mass is 10.1. The van der Waals surface area contributed by atoms with Crippen LogP contribution in [-0.4, -0.2) is 45.5 Å². The lowest BCUT2D eigenvalue weighted by Crippen LogP contribution is -2.29. The Kier molecular flexibility index (Phi) is 7.34. The normalized spacial score (nSPS) is 11.7. The molecule has 2 aromatic carbocycles. The molecule has 0 saturated carbocycles. The number of hydrogen-bond acceptors (Lipinski definition) is 5. The van der Waals surface area contributed by atoms with Gasteiger partial charge in [-0.05, 0) is 48.9 Å². The summed E-state index contributed by atoms with van der Waals surface area (Å²) in [7, 11) is 0. The van der Waals surface area contributed by atoms with Gasteiger partial charge < -0.3 is 19.8 Å². The van der Waals surface area contributed by atoms with Gasteiger partial charge >= 0.3 is 0 Å². The zero-order chi connectivity index (χ0) is 22.4. The Balaban J connectivity index is 1.76. The number of amides is 1. The smallest absolute Gasteiger partial charge is 0.258 e. The molecule has 1 amide bonds. The van der Waals surface area contributed by atoms with Crippen molar-refractivity contribution in [1.29, 1.82) is 0 Å². The van der Waals surface area contributed by atoms with Crippen molar-refractivity contribution in [3.05, 3.63) is 69.8 Å². The van der Waals surface area contributed by atoms with Gasteiger partial charge in [-0.2, -0.15) is 0 Å². The molecule has 1 atom stereocenters. The van der Waals surface area contributed by atoms with Crippen LogP contribution in [0.4, 0.5) is 5.69 Å². The molecule has 3 aromatic rings. The fourth-order valence-electron chi connectivity index (χ4n) is 3.20. The van der Waals surface area contributed by atoms with Crippen LogP contribution in [-0.2, 0) is 17.7 Å². The van der Waals surface area contributed by atoms with E-state index in [-0.39, 0.29) is 11.5 Å². The number of H-pyrrole nitrogens is 1. The van der Waals surface area contributed by atoms with Crippen molar-refractivity contribution in [2.45, 2.75) is 13.5 Å². The molecule has 0 spiro atoms. The Hall–Kier alpha value is -3.28. The van der Waals surface area contributed by atoms with Crippen molar-refractivity contribution in [2.24, 2.45) is 0 Å². The van der Waals surface area contributed by atoms with Gasteiger partial charge in [0.25, 0.3) is 11.5 Å². The molecule has 0 aliphatic rings. The number of nitrogens with one attached hydrogen (secondary N) is 2. The number of terminal acetylenes is 1. The number of carbonyl (C=O) groups is 1. The molecule has 0 fully saturated rings. The van der Waals surface area contributed by atoms with Gasteiger partial charge in [0.05, 0.1) is 30.2 Å². The Bertz CT molecular complexity index is 1170. The molecule has 0 saturated heterocycles. The summed E-state index contributed by atoms with van der Waals surface area (Å²) in [5.41, 5.74) is 2.78. The zero-order valence-corrected chi connectivity index (χ0v) is 18.3. The standard InChI is InChI=1S/C23H24N4O3S/c1-4-12-27(15-17-5-10-21-20(14-17)23(29)26-16(2)25-21)19-8-6-18(7-9-19)22(28)24-11-13-31(3)30/h1,5-10,14H,11-13,15H2,2-3H3,(H,24,28)(H,25,26,29). The highest BCUT2D eigenvalue weighted by Gasteiger charge is 2.11. The highest BCUT2D eigenvalue weighted by Crippen LogP contribution is 2.19. The van der Waals surface area contributed by atoms with Gasteiger partial charge in [-0.3, -0.25) is 9.59 Å². The molecule has 1 heterocycles. The Morgan fingerprint density at radius 3 is 2.71 bits per heavy atom. The monoisotopic (exact) mass is 436 g/mol. The third kappa shape index (κ3) is 5.87. The largest absolute Gasteiger partial charge is 0.617 e. The van der Waals surface area contributed by atoms with Crippen molar-refractivity contribution in [1.82, 2.24) is 15.3 Å². The molecule has 1 unspecified atom stereocenters. The lowest BCUT2D eigenvalue weighted by Gasteiger charge is -2.23. The van der Waals surface area contributed by atoms with Gasteiger partial charge in [0.1, 0.15) is 11.6 Å². The number of hydrogen-bond donors (Lipinski definition) is 2. The van der Waals surface area contributed by atoms with Crippen LogP contribution < -0.4 is 15.8 Å². The summed E-state index contributed by atoms with van der Waals surface area (Å²) >= 11 is -0.948. The molecular formula is C23H24N4O3S. The van der Waals surface area contributed by atoms with Crippen LogP contribution in [0.1, 0.15) is 21.7 Å². The molecule has 0 bridgehead atoms. The van der Waals surface area contributed by atoms with Crippen molar-refractivity contribution in [2.75, 3.05) is 30.0 Å². The second-order valence-electron chi connectivity index (χ2n) is 7.14. The maximum atomic E-state index is 12.3. The highest BCUT2D eigenvalue weighted by atomic mass is 32.2. The molecule has 7 nitrogen and oxygen atoms in total. The van der Waals surface area contributed by atoms with Crippen molar-refractivity contribution >= 4 is 33.7 Å². The minimum absolute atomic E-state index is 0.171. The second-order valence-corrected chi connectivity index (χ2v) is 8.70. The average Bonchev–Trinajstić information content (AvgIpc) is 2.73. The Morgan fingerprint density at radius 1 is 1.29 bits per heavy atom. The highest BCUT2D eigenvalue weighted by molar-refractivity contribution is 7.90. The number of nitrogens with zero attached hydrogens (tertiary/aromatic N) is 2. The first-order chi connectivity index (χ1) is 14.9. The Morgan fingerprint density at radius 2 is 2.03 bits per heavy atom. The molecule has 2 N–H and O–H groups in total. The minimum atomic E-state index is -0.948. The molecule has 3 rings (SSSR count). The van der Waals surface area contributed by atoms with E-state index in [1.54, 1.807) is 25.3 Å². The maximum absolute atomic E-state index is 12.3. The molecule has 1 aromatic heterocycles. The first-order valence-corrected chi connectivity index (χ1v) is 11.5. The van der Waals surface area contributed by atoms with Crippen LogP contribution in [0.2, 0.25) is 0 Å². The maximum Gasteiger partial charge on any atom is 0.258 e. The van der Waals surface area contributed by atoms with E-state index in [0.29, 0.717) is 47.7 Å². The second kappa shape index (κ2) is 10.2. The van der Waals surface area contributed by atoms with Crippen LogP contribution in [0.25, 0.3) is 10.9 Å². The number of anilines is 1. The van der Waals surface area contributed by atoms with Gasteiger partial charge in [-0.15, -0.1) is 6.42 Å². The zero-order valence-electron chi connectivity index (χ0n) is 17.5. The van der Waals surface area contributed by atoms with Crippen molar-refractivity contribution in [3.8, 4) is 12.3 Å². The predicted molar refractivity (Wildman–Crippen MR) is 125 cm³/mol. The van der Waals surface area contributed by atoms with E-state index in [0.717, 1.165) is 11.3 Å². The quantitative estimate of drug-likeness (QED) is 0.415. The third-order valence-electron chi connectivity index (χ3n) is 4.71. The van der Waals surface area contributed by atoms with Gasteiger partial charge in [-0.1, -0.05) is 23.2 Å². The molecule has 31 heavy (non-hydrogen) atoms. The predicted octanol–water partition coefficient (Wildman–Crippen LogP) is 1.98. The van der Waals surface area contributed by atoms with E-state index < -0.39 is 11.2 Å². The fourth-order valence-corrected chi connectivity index (χ4v) is 3.59. The topological polar surface area (TPSA) is 101 Å². The van der Waals surface area contributed by atoms with Crippen molar-refractivity contribution in [3.63, 3.8) is 0 Å². The molecule has 0 aliphatic carbocycles. The summed E-state index contributed by atoms with van der Waals surface area (Å²) in [5, 5.41) is 3.29. The van der Waals surface area contributed by atoms with E-state index in [2.05, 4.69) is 21.2 Å². The number of fused-ring (bicyclic) bond motifs is 1. The van der Waals surface area contributed by atoms with Gasteiger partial charge in [-0.25, -0.2) is 4.98 Å². The van der Waals surface area contributed by atoms with E-state index in [4.69, 9.17) is 6.42 Å². The van der Waals surface area contributed by atoms with Crippen LogP contribution in [0.15, 0.2) is 47.3 Å². The minimum Gasteiger partial charge on any atom is -0.617 e. The summed E-state index contributed by atoms with van der Waals surface area (Å²) < 4.78 is 11.1. The third-order valence-corrected chi connectivity index (χ3v) is 5.49. The summed E-state index contributed by atoms with van der Waals surface area (Å²) in [6, 6.07) is 12.7. The van der Waals surface area contributed by atoms with Crippen LogP contribution in [0.5, 0.6) is 0 Å². The van der Waals surface area contributed by atoms with Gasteiger partial charge in [0.2, 0.25) is 0 Å². The van der Waals surface area contributed by atoms with Crippen LogP contribution in [0, 0.1) is 19.3 Å². The van der Waals surface area contributed by atoms with Crippen LogP contribution in [0.3, 0.4) is 0 Å².